The standard InChI is InChI=1S/C18H19F3N6O3/c1-12-22-24-27(23-12)11-14-10-15(18(19,20)21)4-2-13(14)3-5-16(28)25-6-8-26(9-7-25)17(29)30/h2-5,10H,6-9,11H2,1H3,(H,29,30)/b5-3+. The van der Waals surface area contributed by atoms with E-state index < -0.39 is 17.8 Å². The molecule has 0 spiro atoms. The Bertz CT molecular complexity index is 964. The van der Waals surface area contributed by atoms with E-state index in [0.717, 1.165) is 12.1 Å². The zero-order valence-electron chi connectivity index (χ0n) is 16.0. The highest BCUT2D eigenvalue weighted by Gasteiger charge is 2.31. The van der Waals surface area contributed by atoms with Crippen LogP contribution in [0.15, 0.2) is 24.3 Å². The van der Waals surface area contributed by atoms with Gasteiger partial charge in [0.15, 0.2) is 5.82 Å². The van der Waals surface area contributed by atoms with Crippen LogP contribution >= 0.6 is 0 Å². The molecule has 12 heteroatoms. The summed E-state index contributed by atoms with van der Waals surface area (Å²) in [6.07, 6.45) is -2.85. The first kappa shape index (κ1) is 21.3. The minimum Gasteiger partial charge on any atom is -0.465 e. The third kappa shape index (κ3) is 5.13. The summed E-state index contributed by atoms with van der Waals surface area (Å²) in [5.74, 6) is 0.0374. The largest absolute Gasteiger partial charge is 0.465 e. The van der Waals surface area contributed by atoms with E-state index in [-0.39, 0.29) is 44.2 Å². The molecule has 0 bridgehead atoms. The first-order valence-corrected chi connectivity index (χ1v) is 9.03. The highest BCUT2D eigenvalue weighted by molar-refractivity contribution is 5.92. The highest BCUT2D eigenvalue weighted by atomic mass is 19.4. The number of piperazine rings is 1. The molecule has 2 heterocycles. The maximum Gasteiger partial charge on any atom is 0.416 e. The lowest BCUT2D eigenvalue weighted by Gasteiger charge is -2.32. The minimum absolute atomic E-state index is 0.0457. The molecule has 2 amide bonds. The number of carbonyl (C=O) groups is 2. The molecule has 0 atom stereocenters. The molecule has 2 aromatic rings. The Kier molecular flexibility index (Phi) is 6.04. The van der Waals surface area contributed by atoms with Crippen molar-refractivity contribution >= 4 is 18.1 Å². The number of rotatable bonds is 4. The summed E-state index contributed by atoms with van der Waals surface area (Å²) in [6.45, 7) is 2.47. The van der Waals surface area contributed by atoms with Gasteiger partial charge in [-0.15, -0.1) is 10.2 Å². The van der Waals surface area contributed by atoms with Crippen LogP contribution < -0.4 is 0 Å². The smallest absolute Gasteiger partial charge is 0.416 e. The third-order valence-electron chi connectivity index (χ3n) is 4.60. The van der Waals surface area contributed by atoms with Crippen LogP contribution in [0.5, 0.6) is 0 Å². The predicted octanol–water partition coefficient (Wildman–Crippen LogP) is 1.88. The van der Waals surface area contributed by atoms with Crippen molar-refractivity contribution in [3.8, 4) is 0 Å². The van der Waals surface area contributed by atoms with Gasteiger partial charge in [0.1, 0.15) is 0 Å². The summed E-state index contributed by atoms with van der Waals surface area (Å²) in [5.41, 5.74) is -0.125. The Balaban J connectivity index is 1.78. The monoisotopic (exact) mass is 424 g/mol. The molecule has 160 valence electrons. The van der Waals surface area contributed by atoms with Crippen LogP contribution in [0.25, 0.3) is 6.08 Å². The van der Waals surface area contributed by atoms with Crippen molar-refractivity contribution in [3.05, 3.63) is 46.8 Å². The second-order valence-corrected chi connectivity index (χ2v) is 6.71. The van der Waals surface area contributed by atoms with Crippen LogP contribution in [0, 0.1) is 6.92 Å². The molecule has 3 rings (SSSR count). The molecular weight excluding hydrogens is 405 g/mol. The van der Waals surface area contributed by atoms with Crippen molar-refractivity contribution in [2.24, 2.45) is 0 Å². The van der Waals surface area contributed by atoms with Crippen LogP contribution in [0.2, 0.25) is 0 Å². The van der Waals surface area contributed by atoms with Crippen molar-refractivity contribution in [2.45, 2.75) is 19.6 Å². The minimum atomic E-state index is -4.51. The number of hydrogen-bond donors (Lipinski definition) is 1. The van der Waals surface area contributed by atoms with E-state index in [2.05, 4.69) is 15.4 Å². The number of amides is 2. The van der Waals surface area contributed by atoms with Crippen molar-refractivity contribution in [2.75, 3.05) is 26.2 Å². The van der Waals surface area contributed by atoms with Gasteiger partial charge in [-0.3, -0.25) is 4.79 Å². The van der Waals surface area contributed by atoms with Gasteiger partial charge < -0.3 is 14.9 Å². The van der Waals surface area contributed by atoms with E-state index in [1.807, 2.05) is 0 Å². The molecule has 1 aromatic carbocycles. The molecule has 1 N–H and O–H groups in total. The fourth-order valence-corrected chi connectivity index (χ4v) is 3.01. The van der Waals surface area contributed by atoms with E-state index in [1.165, 1.54) is 32.8 Å². The lowest BCUT2D eigenvalue weighted by atomic mass is 10.0. The van der Waals surface area contributed by atoms with E-state index in [4.69, 9.17) is 5.11 Å². The zero-order valence-corrected chi connectivity index (χ0v) is 16.0. The molecule has 1 fully saturated rings. The first-order valence-electron chi connectivity index (χ1n) is 9.03. The summed E-state index contributed by atoms with van der Waals surface area (Å²) in [6, 6.07) is 3.22. The van der Waals surface area contributed by atoms with Crippen LogP contribution in [0.3, 0.4) is 0 Å². The number of hydrogen-bond acceptors (Lipinski definition) is 5. The number of aryl methyl sites for hydroxylation is 1. The van der Waals surface area contributed by atoms with Gasteiger partial charge in [-0.1, -0.05) is 6.07 Å². The van der Waals surface area contributed by atoms with Crippen molar-refractivity contribution in [3.63, 3.8) is 0 Å². The van der Waals surface area contributed by atoms with E-state index >= 15 is 0 Å². The van der Waals surface area contributed by atoms with Gasteiger partial charge in [0.05, 0.1) is 12.1 Å². The van der Waals surface area contributed by atoms with Crippen LogP contribution in [0.1, 0.15) is 22.5 Å². The number of aromatic nitrogens is 4. The maximum atomic E-state index is 13.1. The fraction of sp³-hybridized carbons (Fsp3) is 0.389. The zero-order chi connectivity index (χ0) is 21.9. The molecule has 0 aliphatic carbocycles. The van der Waals surface area contributed by atoms with E-state index in [0.29, 0.717) is 11.4 Å². The molecule has 1 aromatic heterocycles. The third-order valence-corrected chi connectivity index (χ3v) is 4.60. The Morgan fingerprint density at radius 3 is 2.40 bits per heavy atom. The van der Waals surface area contributed by atoms with E-state index in [1.54, 1.807) is 6.92 Å². The summed E-state index contributed by atoms with van der Waals surface area (Å²) in [4.78, 5) is 27.2. The van der Waals surface area contributed by atoms with Crippen LogP contribution in [-0.4, -0.2) is 73.3 Å². The molecule has 0 radical (unpaired) electrons. The quantitative estimate of drug-likeness (QED) is 0.752. The molecule has 1 aliphatic heterocycles. The summed E-state index contributed by atoms with van der Waals surface area (Å²) in [5, 5.41) is 20.4. The normalized spacial score (nSPS) is 15.1. The maximum absolute atomic E-state index is 13.1. The lowest BCUT2D eigenvalue weighted by molar-refractivity contribution is -0.137. The molecule has 1 saturated heterocycles. The van der Waals surface area contributed by atoms with Crippen molar-refractivity contribution in [1.29, 1.82) is 0 Å². The Hall–Kier alpha value is -3.44. The van der Waals surface area contributed by atoms with Crippen LogP contribution in [0.4, 0.5) is 18.0 Å². The molecule has 0 unspecified atom stereocenters. The highest BCUT2D eigenvalue weighted by Crippen LogP contribution is 2.31. The number of benzene rings is 1. The number of halogens is 3. The van der Waals surface area contributed by atoms with Gasteiger partial charge in [0.25, 0.3) is 0 Å². The molecule has 30 heavy (non-hydrogen) atoms. The van der Waals surface area contributed by atoms with Gasteiger partial charge in [0, 0.05) is 32.3 Å². The molecule has 9 nitrogen and oxygen atoms in total. The number of tetrazole rings is 1. The lowest BCUT2D eigenvalue weighted by Crippen LogP contribution is -2.49. The molecule has 0 saturated carbocycles. The number of alkyl halides is 3. The predicted molar refractivity (Wildman–Crippen MR) is 98.3 cm³/mol. The van der Waals surface area contributed by atoms with Crippen molar-refractivity contribution in [1.82, 2.24) is 30.0 Å². The Morgan fingerprint density at radius 1 is 1.17 bits per heavy atom. The SMILES string of the molecule is Cc1nnn(Cc2cc(C(F)(F)F)ccc2/C=C/C(=O)N2CCN(C(=O)O)CC2)n1. The second-order valence-electron chi connectivity index (χ2n) is 6.71. The number of carbonyl (C=O) groups excluding carboxylic acids is 1. The summed E-state index contributed by atoms with van der Waals surface area (Å²) < 4.78 is 39.3. The number of nitrogens with zero attached hydrogens (tertiary/aromatic N) is 6. The van der Waals surface area contributed by atoms with Crippen molar-refractivity contribution < 1.29 is 27.9 Å². The van der Waals surface area contributed by atoms with Crippen LogP contribution in [-0.2, 0) is 17.5 Å². The average molecular weight is 424 g/mol. The Labute approximate surface area is 169 Å². The van der Waals surface area contributed by atoms with Gasteiger partial charge in [-0.05, 0) is 41.5 Å². The van der Waals surface area contributed by atoms with Gasteiger partial charge in [-0.25, -0.2) is 4.79 Å². The summed E-state index contributed by atoms with van der Waals surface area (Å²) >= 11 is 0. The fourth-order valence-electron chi connectivity index (χ4n) is 3.01. The topological polar surface area (TPSA) is 104 Å². The molecular formula is C18H19F3N6O3. The van der Waals surface area contributed by atoms with Gasteiger partial charge in [0.2, 0.25) is 5.91 Å². The average Bonchev–Trinajstić information content (AvgIpc) is 3.10. The Morgan fingerprint density at radius 2 is 1.83 bits per heavy atom. The van der Waals surface area contributed by atoms with Gasteiger partial charge >= 0.3 is 12.3 Å². The first-order chi connectivity index (χ1) is 14.1. The summed E-state index contributed by atoms with van der Waals surface area (Å²) in [7, 11) is 0. The van der Waals surface area contributed by atoms with Gasteiger partial charge in [-0.2, -0.15) is 18.0 Å². The van der Waals surface area contributed by atoms with E-state index in [9.17, 15) is 22.8 Å². The number of carboxylic acid groups (broad SMARTS) is 1. The second kappa shape index (κ2) is 8.51. The molecule has 1 aliphatic rings.